The van der Waals surface area contributed by atoms with Crippen molar-refractivity contribution in [2.75, 3.05) is 26.3 Å². The van der Waals surface area contributed by atoms with E-state index in [0.29, 0.717) is 37.6 Å². The van der Waals surface area contributed by atoms with Crippen LogP contribution in [0.5, 0.6) is 0 Å². The Bertz CT molecular complexity index is 1340. The normalized spacial score (nSPS) is 15.5. The summed E-state index contributed by atoms with van der Waals surface area (Å²) >= 11 is 1.63. The Balaban J connectivity index is 1.45. The van der Waals surface area contributed by atoms with Gasteiger partial charge in [-0.15, -0.1) is 0 Å². The minimum Gasteiger partial charge on any atom is -0.379 e. The van der Waals surface area contributed by atoms with Crippen molar-refractivity contribution in [3.63, 3.8) is 0 Å². The summed E-state index contributed by atoms with van der Waals surface area (Å²) < 4.78 is 37.2. The van der Waals surface area contributed by atoms with Gasteiger partial charge in [-0.05, 0) is 36.8 Å². The smallest absolute Gasteiger partial charge is 0.243 e. The topological polar surface area (TPSA) is 81.7 Å². The van der Waals surface area contributed by atoms with Crippen LogP contribution in [0.3, 0.4) is 0 Å². The lowest BCUT2D eigenvalue weighted by Gasteiger charge is -2.26. The number of pyridine rings is 1. The minimum absolute atomic E-state index is 0.286. The molecule has 4 aromatic rings. The molecule has 1 aliphatic heterocycles. The second kappa shape index (κ2) is 9.46. The Labute approximate surface area is 197 Å². The molecular formula is C23H27N5O3S2. The molecule has 1 aliphatic rings. The average molecular weight is 486 g/mol. The highest BCUT2D eigenvalue weighted by atomic mass is 32.2. The Kier molecular flexibility index (Phi) is 6.42. The summed E-state index contributed by atoms with van der Waals surface area (Å²) in [6.07, 6.45) is 6.12. The highest BCUT2D eigenvalue weighted by Gasteiger charge is 2.27. The van der Waals surface area contributed by atoms with Crippen molar-refractivity contribution in [3.8, 4) is 0 Å². The molecule has 3 aromatic heterocycles. The number of benzene rings is 1. The average Bonchev–Trinajstić information content (AvgIpc) is 3.42. The molecule has 5 rings (SSSR count). The van der Waals surface area contributed by atoms with Crippen molar-refractivity contribution in [3.05, 3.63) is 54.5 Å². The molecule has 8 nitrogen and oxygen atoms in total. The van der Waals surface area contributed by atoms with Gasteiger partial charge in [-0.3, -0.25) is 0 Å². The first-order valence-corrected chi connectivity index (χ1v) is 13.6. The molecule has 0 amide bonds. The molecule has 1 fully saturated rings. The van der Waals surface area contributed by atoms with Gasteiger partial charge >= 0.3 is 0 Å². The predicted octanol–water partition coefficient (Wildman–Crippen LogP) is 3.80. The first-order chi connectivity index (χ1) is 16.1. The molecule has 4 heterocycles. The van der Waals surface area contributed by atoms with Crippen molar-refractivity contribution in [1.29, 1.82) is 0 Å². The van der Waals surface area contributed by atoms with E-state index in [0.717, 1.165) is 41.4 Å². The molecule has 1 aromatic carbocycles. The first kappa shape index (κ1) is 22.4. The fourth-order valence-corrected chi connectivity index (χ4v) is 6.37. The third-order valence-electron chi connectivity index (χ3n) is 5.79. The number of hydrogen-bond acceptors (Lipinski definition) is 6. The van der Waals surface area contributed by atoms with E-state index in [1.165, 1.54) is 4.31 Å². The summed E-state index contributed by atoms with van der Waals surface area (Å²) in [7, 11) is -3.56. The quantitative estimate of drug-likeness (QED) is 0.353. The molecule has 0 aliphatic carbocycles. The molecule has 0 radical (unpaired) electrons. The standard InChI is InChI=1S/C23H27N5O3S2/c1-2-3-10-28-21-8-7-19(33(29,30)27-11-13-31-14-12-27)15-20(21)25-23(28)32-17-18-16-26-9-5-4-6-22(26)24-18/h4-9,15-16H,2-3,10-14,17H2,1H3. The number of fused-ring (bicyclic) bond motifs is 2. The highest BCUT2D eigenvalue weighted by Crippen LogP contribution is 2.29. The van der Waals surface area contributed by atoms with Crippen LogP contribution >= 0.6 is 11.8 Å². The van der Waals surface area contributed by atoms with Gasteiger partial charge in [-0.1, -0.05) is 31.2 Å². The zero-order chi connectivity index (χ0) is 22.8. The number of morpholine rings is 1. The van der Waals surface area contributed by atoms with E-state index < -0.39 is 10.0 Å². The number of sulfonamides is 1. The molecule has 0 N–H and O–H groups in total. The number of imidazole rings is 2. The van der Waals surface area contributed by atoms with Crippen LogP contribution in [0.2, 0.25) is 0 Å². The van der Waals surface area contributed by atoms with Crippen molar-refractivity contribution >= 4 is 38.5 Å². The lowest BCUT2D eigenvalue weighted by molar-refractivity contribution is 0.0730. The number of aryl methyl sites for hydroxylation is 1. The van der Waals surface area contributed by atoms with Crippen LogP contribution in [-0.4, -0.2) is 58.0 Å². The Morgan fingerprint density at radius 1 is 1.12 bits per heavy atom. The van der Waals surface area contributed by atoms with Gasteiger partial charge in [0.15, 0.2) is 5.16 Å². The van der Waals surface area contributed by atoms with Gasteiger partial charge in [0, 0.05) is 37.8 Å². The largest absolute Gasteiger partial charge is 0.379 e. The number of hydrogen-bond donors (Lipinski definition) is 0. The lowest BCUT2D eigenvalue weighted by Crippen LogP contribution is -2.40. The van der Waals surface area contributed by atoms with E-state index in [2.05, 4.69) is 16.5 Å². The SMILES string of the molecule is CCCCn1c(SCc2cn3ccccc3n2)nc2cc(S(=O)(=O)N3CCOCC3)ccc21. The van der Waals surface area contributed by atoms with Gasteiger partial charge in [0.1, 0.15) is 5.65 Å². The zero-order valence-corrected chi connectivity index (χ0v) is 20.2. The summed E-state index contributed by atoms with van der Waals surface area (Å²) in [6, 6.07) is 11.2. The van der Waals surface area contributed by atoms with Crippen molar-refractivity contribution in [2.45, 2.75) is 42.1 Å². The van der Waals surface area contributed by atoms with Crippen LogP contribution in [0.4, 0.5) is 0 Å². The molecule has 0 atom stereocenters. The van der Waals surface area contributed by atoms with Crippen LogP contribution in [0.15, 0.2) is 58.8 Å². The fraction of sp³-hybridized carbons (Fsp3) is 0.391. The van der Waals surface area contributed by atoms with E-state index in [1.807, 2.05) is 41.1 Å². The van der Waals surface area contributed by atoms with Gasteiger partial charge in [0.2, 0.25) is 10.0 Å². The Morgan fingerprint density at radius 3 is 2.76 bits per heavy atom. The molecule has 0 saturated carbocycles. The van der Waals surface area contributed by atoms with Crippen molar-refractivity contribution in [2.24, 2.45) is 0 Å². The molecule has 10 heteroatoms. The van der Waals surface area contributed by atoms with E-state index in [1.54, 1.807) is 23.9 Å². The van der Waals surface area contributed by atoms with Gasteiger partial charge < -0.3 is 13.7 Å². The summed E-state index contributed by atoms with van der Waals surface area (Å²) in [5, 5.41) is 0.886. The van der Waals surface area contributed by atoms with Gasteiger partial charge in [0.25, 0.3) is 0 Å². The van der Waals surface area contributed by atoms with E-state index in [9.17, 15) is 8.42 Å². The predicted molar refractivity (Wildman–Crippen MR) is 129 cm³/mol. The summed E-state index contributed by atoms with van der Waals surface area (Å²) in [5.74, 6) is 0.691. The minimum atomic E-state index is -3.56. The second-order valence-corrected chi connectivity index (χ2v) is 10.9. The highest BCUT2D eigenvalue weighted by molar-refractivity contribution is 7.98. The number of ether oxygens (including phenoxy) is 1. The molecule has 33 heavy (non-hydrogen) atoms. The molecular weight excluding hydrogens is 458 g/mol. The third-order valence-corrected chi connectivity index (χ3v) is 8.70. The van der Waals surface area contributed by atoms with Crippen molar-refractivity contribution < 1.29 is 13.2 Å². The monoisotopic (exact) mass is 485 g/mol. The number of rotatable bonds is 8. The van der Waals surface area contributed by atoms with Gasteiger partial charge in [0.05, 0.1) is 34.8 Å². The number of thioether (sulfide) groups is 1. The maximum atomic E-state index is 13.1. The summed E-state index contributed by atoms with van der Waals surface area (Å²) in [5.41, 5.74) is 3.57. The van der Waals surface area contributed by atoms with Crippen LogP contribution < -0.4 is 0 Å². The maximum absolute atomic E-state index is 13.1. The lowest BCUT2D eigenvalue weighted by atomic mass is 10.3. The number of nitrogens with zero attached hydrogens (tertiary/aromatic N) is 5. The summed E-state index contributed by atoms with van der Waals surface area (Å²) in [4.78, 5) is 9.81. The van der Waals surface area contributed by atoms with Crippen LogP contribution in [0.25, 0.3) is 16.7 Å². The zero-order valence-electron chi connectivity index (χ0n) is 18.6. The second-order valence-electron chi connectivity index (χ2n) is 8.05. The molecule has 0 bridgehead atoms. The molecule has 0 unspecified atom stereocenters. The van der Waals surface area contributed by atoms with Crippen LogP contribution in [-0.2, 0) is 27.1 Å². The van der Waals surface area contributed by atoms with E-state index in [-0.39, 0.29) is 4.90 Å². The summed E-state index contributed by atoms with van der Waals surface area (Å²) in [6.45, 7) is 4.62. The Hall–Kier alpha value is -2.40. The first-order valence-electron chi connectivity index (χ1n) is 11.2. The van der Waals surface area contributed by atoms with E-state index in [4.69, 9.17) is 9.72 Å². The molecule has 1 saturated heterocycles. The Morgan fingerprint density at radius 2 is 1.97 bits per heavy atom. The van der Waals surface area contributed by atoms with Gasteiger partial charge in [-0.2, -0.15) is 4.31 Å². The number of aromatic nitrogens is 4. The molecule has 174 valence electrons. The van der Waals surface area contributed by atoms with Gasteiger partial charge in [-0.25, -0.2) is 18.4 Å². The van der Waals surface area contributed by atoms with Crippen LogP contribution in [0, 0.1) is 0 Å². The van der Waals surface area contributed by atoms with Crippen LogP contribution in [0.1, 0.15) is 25.5 Å². The maximum Gasteiger partial charge on any atom is 0.243 e. The third kappa shape index (κ3) is 4.52. The van der Waals surface area contributed by atoms with E-state index >= 15 is 0 Å². The molecule has 0 spiro atoms. The van der Waals surface area contributed by atoms with Crippen molar-refractivity contribution in [1.82, 2.24) is 23.2 Å². The number of unbranched alkanes of at least 4 members (excludes halogenated alkanes) is 1. The fourth-order valence-electron chi connectivity index (χ4n) is 4.02.